The van der Waals surface area contributed by atoms with E-state index in [1.807, 2.05) is 30.3 Å². The number of hydrogen-bond donors (Lipinski definition) is 1. The molecule has 2 aromatic carbocycles. The van der Waals surface area contributed by atoms with Crippen LogP contribution in [0.3, 0.4) is 0 Å². The molecule has 0 fully saturated rings. The second-order valence-electron chi connectivity index (χ2n) is 4.61. The van der Waals surface area contributed by atoms with Crippen LogP contribution in [0, 0.1) is 0 Å². The predicted octanol–water partition coefficient (Wildman–Crippen LogP) is 5.69. The molecule has 1 heterocycles. The van der Waals surface area contributed by atoms with Crippen LogP contribution in [0.4, 0.5) is 5.69 Å². The van der Waals surface area contributed by atoms with E-state index in [2.05, 4.69) is 27.3 Å². The number of fused-ring (bicyclic) bond motifs is 1. The van der Waals surface area contributed by atoms with Gasteiger partial charge in [-0.15, -0.1) is 0 Å². The third kappa shape index (κ3) is 2.76. The Morgan fingerprint density at radius 2 is 1.90 bits per heavy atom. The molecule has 1 aliphatic heterocycles. The van der Waals surface area contributed by atoms with E-state index in [0.29, 0.717) is 16.7 Å². The van der Waals surface area contributed by atoms with Gasteiger partial charge in [-0.2, -0.15) is 0 Å². The molecule has 0 saturated heterocycles. The lowest BCUT2D eigenvalue weighted by molar-refractivity contribution is 0.274. The Morgan fingerprint density at radius 1 is 1.15 bits per heavy atom. The van der Waals surface area contributed by atoms with Crippen LogP contribution in [0.2, 0.25) is 10.0 Å². The molecular formula is C15H12BrCl2NO. The number of halogens is 3. The smallest absolute Gasteiger partial charge is 0.124 e. The normalized spacial score (nSPS) is 17.2. The molecule has 1 aliphatic rings. The van der Waals surface area contributed by atoms with Crippen LogP contribution in [0.15, 0.2) is 40.9 Å². The molecule has 5 heteroatoms. The minimum absolute atomic E-state index is 0.133. The molecule has 1 unspecified atom stereocenters. The van der Waals surface area contributed by atoms with Crippen molar-refractivity contribution in [3.8, 4) is 5.75 Å². The number of hydrogen-bond acceptors (Lipinski definition) is 2. The Kier molecular flexibility index (Phi) is 4.11. The summed E-state index contributed by atoms with van der Waals surface area (Å²) in [4.78, 5) is 0. The van der Waals surface area contributed by atoms with Gasteiger partial charge >= 0.3 is 0 Å². The molecule has 2 nitrogen and oxygen atoms in total. The number of rotatable bonds is 2. The van der Waals surface area contributed by atoms with Gasteiger partial charge in [-0.3, -0.25) is 0 Å². The van der Waals surface area contributed by atoms with Gasteiger partial charge in [-0.05, 0) is 30.3 Å². The van der Waals surface area contributed by atoms with Gasteiger partial charge in [0.25, 0.3) is 0 Å². The lowest BCUT2D eigenvalue weighted by atomic mass is 10.0. The minimum atomic E-state index is 0.133. The molecule has 2 aromatic rings. The summed E-state index contributed by atoms with van der Waals surface area (Å²) in [6, 6.07) is 11.6. The lowest BCUT2D eigenvalue weighted by Crippen LogP contribution is -2.20. The molecule has 0 radical (unpaired) electrons. The highest BCUT2D eigenvalue weighted by Crippen LogP contribution is 2.39. The highest BCUT2D eigenvalue weighted by Gasteiger charge is 2.23. The number of ether oxygens (including phenoxy) is 1. The summed E-state index contributed by atoms with van der Waals surface area (Å²) in [7, 11) is 0. The second-order valence-corrected chi connectivity index (χ2v) is 6.34. The van der Waals surface area contributed by atoms with E-state index < -0.39 is 0 Å². The van der Waals surface area contributed by atoms with E-state index >= 15 is 0 Å². The first-order valence-corrected chi connectivity index (χ1v) is 7.83. The van der Waals surface area contributed by atoms with Crippen molar-refractivity contribution >= 4 is 44.8 Å². The fourth-order valence-corrected chi connectivity index (χ4v) is 3.21. The predicted molar refractivity (Wildman–Crippen MR) is 87.1 cm³/mol. The van der Waals surface area contributed by atoms with E-state index in [1.54, 1.807) is 0 Å². The van der Waals surface area contributed by atoms with Crippen LogP contribution in [0.25, 0.3) is 0 Å². The number of anilines is 1. The Hall–Kier alpha value is -0.900. The van der Waals surface area contributed by atoms with Crippen molar-refractivity contribution < 1.29 is 4.74 Å². The van der Waals surface area contributed by atoms with Crippen LogP contribution in [-0.4, -0.2) is 6.61 Å². The Morgan fingerprint density at radius 3 is 2.65 bits per heavy atom. The summed E-state index contributed by atoms with van der Waals surface area (Å²) < 4.78 is 6.71. The topological polar surface area (TPSA) is 21.3 Å². The minimum Gasteiger partial charge on any atom is -0.493 e. The summed E-state index contributed by atoms with van der Waals surface area (Å²) in [5.74, 6) is 0.903. The second kappa shape index (κ2) is 5.84. The van der Waals surface area contributed by atoms with Gasteiger partial charge in [-0.25, -0.2) is 0 Å². The lowest BCUT2D eigenvalue weighted by Gasteiger charge is -2.28. The maximum absolute atomic E-state index is 6.22. The molecular weight excluding hydrogens is 361 g/mol. The van der Waals surface area contributed by atoms with Crippen LogP contribution < -0.4 is 10.1 Å². The molecule has 0 amide bonds. The van der Waals surface area contributed by atoms with Gasteiger partial charge in [0.15, 0.2) is 0 Å². The summed E-state index contributed by atoms with van der Waals surface area (Å²) in [5.41, 5.74) is 1.88. The fourth-order valence-electron chi connectivity index (χ4n) is 2.33. The van der Waals surface area contributed by atoms with E-state index in [4.69, 9.17) is 27.9 Å². The molecule has 0 saturated carbocycles. The summed E-state index contributed by atoms with van der Waals surface area (Å²) in [6.07, 6.45) is 0.866. The Bertz CT molecular complexity index is 628. The van der Waals surface area contributed by atoms with E-state index in [-0.39, 0.29) is 6.04 Å². The van der Waals surface area contributed by atoms with Crippen LogP contribution >= 0.6 is 39.1 Å². The first-order chi connectivity index (χ1) is 9.65. The van der Waals surface area contributed by atoms with Crippen molar-refractivity contribution in [2.45, 2.75) is 12.5 Å². The summed E-state index contributed by atoms with van der Waals surface area (Å²) >= 11 is 15.9. The first-order valence-electron chi connectivity index (χ1n) is 6.28. The average Bonchev–Trinajstić information content (AvgIpc) is 2.43. The van der Waals surface area contributed by atoms with Gasteiger partial charge in [0.05, 0.1) is 28.4 Å². The molecule has 0 aliphatic carbocycles. The van der Waals surface area contributed by atoms with Crippen molar-refractivity contribution in [3.63, 3.8) is 0 Å². The van der Waals surface area contributed by atoms with E-state index in [1.165, 1.54) is 0 Å². The monoisotopic (exact) mass is 371 g/mol. The molecule has 104 valence electrons. The van der Waals surface area contributed by atoms with Crippen LogP contribution in [0.1, 0.15) is 18.0 Å². The zero-order valence-corrected chi connectivity index (χ0v) is 13.6. The largest absolute Gasteiger partial charge is 0.493 e. The summed E-state index contributed by atoms with van der Waals surface area (Å²) in [6.45, 7) is 0.675. The number of nitrogens with one attached hydrogen (secondary N) is 1. The third-order valence-corrected chi connectivity index (χ3v) is 4.42. The van der Waals surface area contributed by atoms with Crippen LogP contribution in [0.5, 0.6) is 5.75 Å². The van der Waals surface area contributed by atoms with Crippen molar-refractivity contribution in [2.75, 3.05) is 11.9 Å². The maximum atomic E-state index is 6.22. The number of para-hydroxylation sites is 1. The van der Waals surface area contributed by atoms with E-state index in [9.17, 15) is 0 Å². The molecule has 1 atom stereocenters. The zero-order chi connectivity index (χ0) is 14.1. The molecule has 0 aromatic heterocycles. The molecule has 0 spiro atoms. The molecule has 20 heavy (non-hydrogen) atoms. The fraction of sp³-hybridized carbons (Fsp3) is 0.200. The van der Waals surface area contributed by atoms with Crippen molar-refractivity contribution in [3.05, 3.63) is 56.5 Å². The van der Waals surface area contributed by atoms with Gasteiger partial charge < -0.3 is 10.1 Å². The molecule has 0 bridgehead atoms. The average molecular weight is 373 g/mol. The Labute approximate surface area is 136 Å². The number of benzene rings is 2. The highest BCUT2D eigenvalue weighted by atomic mass is 79.9. The standard InChI is InChI=1S/C15H12BrCl2NO/c16-9-4-5-14-10(8-9)13(6-7-20-14)19-15-11(17)2-1-3-12(15)18/h1-5,8,13,19H,6-7H2. The molecule has 3 rings (SSSR count). The van der Waals surface area contributed by atoms with Gasteiger partial charge in [0.2, 0.25) is 0 Å². The van der Waals surface area contributed by atoms with Crippen LogP contribution in [-0.2, 0) is 0 Å². The van der Waals surface area contributed by atoms with Crippen molar-refractivity contribution in [2.24, 2.45) is 0 Å². The highest BCUT2D eigenvalue weighted by molar-refractivity contribution is 9.10. The third-order valence-electron chi connectivity index (χ3n) is 3.29. The zero-order valence-electron chi connectivity index (χ0n) is 10.5. The Balaban J connectivity index is 1.95. The van der Waals surface area contributed by atoms with E-state index in [0.717, 1.165) is 27.9 Å². The van der Waals surface area contributed by atoms with Gasteiger partial charge in [-0.1, -0.05) is 45.2 Å². The van der Waals surface area contributed by atoms with Crippen molar-refractivity contribution in [1.82, 2.24) is 0 Å². The van der Waals surface area contributed by atoms with Gasteiger partial charge in [0, 0.05) is 16.5 Å². The SMILES string of the molecule is Clc1cccc(Cl)c1NC1CCOc2ccc(Br)cc21. The van der Waals surface area contributed by atoms with Gasteiger partial charge in [0.1, 0.15) is 5.75 Å². The maximum Gasteiger partial charge on any atom is 0.124 e. The van der Waals surface area contributed by atoms with Crippen molar-refractivity contribution in [1.29, 1.82) is 0 Å². The quantitative estimate of drug-likeness (QED) is 0.730. The first kappa shape index (κ1) is 14.1. The molecule has 1 N–H and O–H groups in total. The summed E-state index contributed by atoms with van der Waals surface area (Å²) in [5, 5.41) is 4.69.